The molecular formula is C21H20N2O4. The zero-order valence-corrected chi connectivity index (χ0v) is 15.1. The van der Waals surface area contributed by atoms with Gasteiger partial charge in [-0.3, -0.25) is 9.59 Å². The van der Waals surface area contributed by atoms with Crippen molar-refractivity contribution >= 4 is 17.5 Å². The third kappa shape index (κ3) is 2.55. The first-order chi connectivity index (χ1) is 13.1. The van der Waals surface area contributed by atoms with Crippen LogP contribution in [0.25, 0.3) is 0 Å². The third-order valence-electron chi connectivity index (χ3n) is 5.58. The predicted octanol–water partition coefficient (Wildman–Crippen LogP) is 2.47. The molecule has 5 rings (SSSR count). The average molecular weight is 364 g/mol. The standard InChI is InChI=1S/C21H20N2O4/c1-13-8-14-4-2-3-5-17(14)23(13)21(25)16-10-22(11-16)20(24)15-6-7-18-19(9-15)27-12-26-18/h2-7,9,13,16H,8,10-12H2,1H3. The van der Waals surface area contributed by atoms with Crippen LogP contribution in [0.4, 0.5) is 5.69 Å². The van der Waals surface area contributed by atoms with Crippen molar-refractivity contribution < 1.29 is 19.1 Å². The summed E-state index contributed by atoms with van der Waals surface area (Å²) in [6.45, 7) is 3.17. The molecule has 2 aromatic carbocycles. The summed E-state index contributed by atoms with van der Waals surface area (Å²) in [7, 11) is 0. The number of hydrogen-bond donors (Lipinski definition) is 0. The number of rotatable bonds is 2. The van der Waals surface area contributed by atoms with E-state index >= 15 is 0 Å². The zero-order valence-electron chi connectivity index (χ0n) is 15.1. The molecule has 138 valence electrons. The molecule has 3 heterocycles. The van der Waals surface area contributed by atoms with E-state index in [1.807, 2.05) is 23.1 Å². The third-order valence-corrected chi connectivity index (χ3v) is 5.58. The molecule has 0 bridgehead atoms. The Hall–Kier alpha value is -3.02. The van der Waals surface area contributed by atoms with E-state index in [-0.39, 0.29) is 30.6 Å². The number of nitrogens with zero attached hydrogens (tertiary/aromatic N) is 2. The second-order valence-electron chi connectivity index (χ2n) is 7.37. The van der Waals surface area contributed by atoms with Crippen molar-refractivity contribution in [2.75, 3.05) is 24.8 Å². The van der Waals surface area contributed by atoms with Crippen molar-refractivity contribution in [3.8, 4) is 11.5 Å². The number of fused-ring (bicyclic) bond motifs is 2. The lowest BCUT2D eigenvalue weighted by Gasteiger charge is -2.40. The van der Waals surface area contributed by atoms with Gasteiger partial charge in [0.15, 0.2) is 11.5 Å². The van der Waals surface area contributed by atoms with Gasteiger partial charge < -0.3 is 19.3 Å². The summed E-state index contributed by atoms with van der Waals surface area (Å²) in [4.78, 5) is 29.3. The maximum Gasteiger partial charge on any atom is 0.254 e. The highest BCUT2D eigenvalue weighted by Gasteiger charge is 2.42. The van der Waals surface area contributed by atoms with E-state index in [1.54, 1.807) is 23.1 Å². The summed E-state index contributed by atoms with van der Waals surface area (Å²) in [6.07, 6.45) is 0.883. The predicted molar refractivity (Wildman–Crippen MR) is 99.1 cm³/mol. The van der Waals surface area contributed by atoms with E-state index < -0.39 is 0 Å². The van der Waals surface area contributed by atoms with Gasteiger partial charge in [-0.05, 0) is 43.2 Å². The molecule has 27 heavy (non-hydrogen) atoms. The van der Waals surface area contributed by atoms with Crippen molar-refractivity contribution in [2.45, 2.75) is 19.4 Å². The smallest absolute Gasteiger partial charge is 0.254 e. The Morgan fingerprint density at radius 3 is 2.67 bits per heavy atom. The molecular weight excluding hydrogens is 344 g/mol. The van der Waals surface area contributed by atoms with Gasteiger partial charge in [-0.2, -0.15) is 0 Å². The molecule has 0 spiro atoms. The van der Waals surface area contributed by atoms with Gasteiger partial charge in [0.2, 0.25) is 12.7 Å². The van der Waals surface area contributed by atoms with E-state index in [0.29, 0.717) is 30.2 Å². The molecule has 6 nitrogen and oxygen atoms in total. The fourth-order valence-corrected chi connectivity index (χ4v) is 4.11. The number of carbonyl (C=O) groups is 2. The van der Waals surface area contributed by atoms with Crippen LogP contribution in [-0.2, 0) is 11.2 Å². The molecule has 1 fully saturated rings. The van der Waals surface area contributed by atoms with Crippen LogP contribution >= 0.6 is 0 Å². The topological polar surface area (TPSA) is 59.1 Å². The Kier molecular flexibility index (Phi) is 3.60. The minimum absolute atomic E-state index is 0.0766. The number of hydrogen-bond acceptors (Lipinski definition) is 4. The molecule has 2 amide bonds. The van der Waals surface area contributed by atoms with E-state index in [9.17, 15) is 9.59 Å². The normalized spacial score (nSPS) is 20.4. The van der Waals surface area contributed by atoms with Crippen LogP contribution < -0.4 is 14.4 Å². The lowest BCUT2D eigenvalue weighted by molar-refractivity contribution is -0.126. The highest BCUT2D eigenvalue weighted by atomic mass is 16.7. The van der Waals surface area contributed by atoms with Gasteiger partial charge in [0.1, 0.15) is 0 Å². The second-order valence-corrected chi connectivity index (χ2v) is 7.37. The van der Waals surface area contributed by atoms with E-state index in [4.69, 9.17) is 9.47 Å². The van der Waals surface area contributed by atoms with Crippen LogP contribution in [0.15, 0.2) is 42.5 Å². The van der Waals surface area contributed by atoms with Gasteiger partial charge in [0.25, 0.3) is 5.91 Å². The van der Waals surface area contributed by atoms with Crippen LogP contribution in [0.3, 0.4) is 0 Å². The first-order valence-corrected chi connectivity index (χ1v) is 9.22. The van der Waals surface area contributed by atoms with Crippen molar-refractivity contribution in [3.05, 3.63) is 53.6 Å². The number of ether oxygens (including phenoxy) is 2. The number of amides is 2. The van der Waals surface area contributed by atoms with E-state index in [1.165, 1.54) is 5.56 Å². The number of benzene rings is 2. The number of anilines is 1. The highest BCUT2D eigenvalue weighted by molar-refractivity contribution is 6.01. The number of carbonyl (C=O) groups excluding carboxylic acids is 2. The Morgan fingerprint density at radius 2 is 1.81 bits per heavy atom. The van der Waals surface area contributed by atoms with Crippen molar-refractivity contribution in [3.63, 3.8) is 0 Å². The molecule has 0 aliphatic carbocycles. The number of para-hydroxylation sites is 1. The van der Waals surface area contributed by atoms with Gasteiger partial charge >= 0.3 is 0 Å². The van der Waals surface area contributed by atoms with E-state index in [2.05, 4.69) is 13.0 Å². The molecule has 0 saturated carbocycles. The SMILES string of the molecule is CC1Cc2ccccc2N1C(=O)C1CN(C(=O)c2ccc3c(c2)OCO3)C1. The van der Waals surface area contributed by atoms with Crippen LogP contribution in [0.2, 0.25) is 0 Å². The van der Waals surface area contributed by atoms with Crippen molar-refractivity contribution in [2.24, 2.45) is 5.92 Å². The molecule has 1 unspecified atom stereocenters. The number of likely N-dealkylation sites (tertiary alicyclic amines) is 1. The quantitative estimate of drug-likeness (QED) is 0.821. The molecule has 2 aromatic rings. The molecule has 1 atom stereocenters. The Balaban J connectivity index is 1.27. The van der Waals surface area contributed by atoms with Gasteiger partial charge in [-0.1, -0.05) is 18.2 Å². The van der Waals surface area contributed by atoms with Crippen LogP contribution in [0.1, 0.15) is 22.8 Å². The Labute approximate surface area is 157 Å². The zero-order chi connectivity index (χ0) is 18.5. The fraction of sp³-hybridized carbons (Fsp3) is 0.333. The minimum atomic E-state index is -0.142. The lowest BCUT2D eigenvalue weighted by atomic mass is 9.96. The Bertz CT molecular complexity index is 936. The van der Waals surface area contributed by atoms with Crippen molar-refractivity contribution in [1.29, 1.82) is 0 Å². The fourth-order valence-electron chi connectivity index (χ4n) is 4.11. The highest BCUT2D eigenvalue weighted by Crippen LogP contribution is 2.36. The van der Waals surface area contributed by atoms with Crippen LogP contribution in [-0.4, -0.2) is 42.6 Å². The van der Waals surface area contributed by atoms with Crippen LogP contribution in [0, 0.1) is 5.92 Å². The molecule has 1 saturated heterocycles. The first-order valence-electron chi connectivity index (χ1n) is 9.22. The van der Waals surface area contributed by atoms with Crippen molar-refractivity contribution in [1.82, 2.24) is 4.90 Å². The van der Waals surface area contributed by atoms with Gasteiger partial charge in [0.05, 0.1) is 5.92 Å². The summed E-state index contributed by atoms with van der Waals surface area (Å²) in [5.74, 6) is 1.15. The monoisotopic (exact) mass is 364 g/mol. The summed E-state index contributed by atoms with van der Waals surface area (Å²) < 4.78 is 10.6. The molecule has 0 N–H and O–H groups in total. The summed E-state index contributed by atoms with van der Waals surface area (Å²) in [6, 6.07) is 13.4. The largest absolute Gasteiger partial charge is 0.454 e. The van der Waals surface area contributed by atoms with Crippen LogP contribution in [0.5, 0.6) is 11.5 Å². The molecule has 6 heteroatoms. The molecule has 0 aromatic heterocycles. The van der Waals surface area contributed by atoms with Gasteiger partial charge in [-0.25, -0.2) is 0 Å². The Morgan fingerprint density at radius 1 is 1.04 bits per heavy atom. The lowest BCUT2D eigenvalue weighted by Crippen LogP contribution is -2.57. The molecule has 3 aliphatic heterocycles. The first kappa shape index (κ1) is 16.2. The summed E-state index contributed by atoms with van der Waals surface area (Å²) in [5.41, 5.74) is 2.78. The van der Waals surface area contributed by atoms with Gasteiger partial charge in [0, 0.05) is 30.4 Å². The van der Waals surface area contributed by atoms with Gasteiger partial charge in [-0.15, -0.1) is 0 Å². The maximum absolute atomic E-state index is 13.0. The molecule has 0 radical (unpaired) electrons. The summed E-state index contributed by atoms with van der Waals surface area (Å²) >= 11 is 0. The summed E-state index contributed by atoms with van der Waals surface area (Å²) in [5, 5.41) is 0. The minimum Gasteiger partial charge on any atom is -0.454 e. The average Bonchev–Trinajstić information content (AvgIpc) is 3.22. The van der Waals surface area contributed by atoms with E-state index in [0.717, 1.165) is 12.1 Å². The second kappa shape index (κ2) is 6.01. The maximum atomic E-state index is 13.0. The molecule has 3 aliphatic rings.